The highest BCUT2D eigenvalue weighted by Crippen LogP contribution is 2.53. The molecule has 4 aromatic carbocycles. The standard InChI is InChI=1S/C35H38O9/c1-40-11-5-8-29-31(33(39)27-17-30(42-3)25-15-22(37)9-10-24(25)35(27)44-29)28-18-43-34-20(12-19-6-4-7-21(36)13-19)14-23(41-2)16-26(34)32(28)38/h4,6-7,9-10,13-17,28-29,31-33,36-39H,5,8,11-12,18H2,1-3H3/t28-,29-,31-,32-,33+/m1/s1. The summed E-state index contributed by atoms with van der Waals surface area (Å²) in [4.78, 5) is 0. The Balaban J connectivity index is 1.40. The van der Waals surface area contributed by atoms with Crippen LogP contribution in [0, 0.1) is 11.8 Å². The fourth-order valence-electron chi connectivity index (χ4n) is 6.76. The third-order valence-electron chi connectivity index (χ3n) is 8.85. The molecule has 0 bridgehead atoms. The van der Waals surface area contributed by atoms with Gasteiger partial charge in [0.1, 0.15) is 40.6 Å². The number of benzene rings is 4. The minimum Gasteiger partial charge on any atom is -0.508 e. The van der Waals surface area contributed by atoms with E-state index in [1.54, 1.807) is 69.9 Å². The summed E-state index contributed by atoms with van der Waals surface area (Å²) in [6, 6.07) is 17.4. The quantitative estimate of drug-likeness (QED) is 0.185. The molecule has 9 nitrogen and oxygen atoms in total. The second-order valence-corrected chi connectivity index (χ2v) is 11.5. The van der Waals surface area contributed by atoms with Gasteiger partial charge < -0.3 is 44.1 Å². The van der Waals surface area contributed by atoms with Crippen LogP contribution in [0.3, 0.4) is 0 Å². The van der Waals surface area contributed by atoms with Gasteiger partial charge >= 0.3 is 0 Å². The van der Waals surface area contributed by atoms with Gasteiger partial charge in [-0.15, -0.1) is 0 Å². The van der Waals surface area contributed by atoms with Gasteiger partial charge in [-0.25, -0.2) is 0 Å². The van der Waals surface area contributed by atoms with E-state index >= 15 is 0 Å². The predicted molar refractivity (Wildman–Crippen MR) is 164 cm³/mol. The van der Waals surface area contributed by atoms with Crippen LogP contribution in [-0.4, -0.2) is 61.1 Å². The first-order valence-electron chi connectivity index (χ1n) is 14.8. The third-order valence-corrected chi connectivity index (χ3v) is 8.85. The lowest BCUT2D eigenvalue weighted by Crippen LogP contribution is -2.46. The molecule has 6 rings (SSSR count). The maximum absolute atomic E-state index is 12.0. The number of aromatic hydroxyl groups is 2. The van der Waals surface area contributed by atoms with Gasteiger partial charge in [-0.2, -0.15) is 0 Å². The number of hydrogen-bond donors (Lipinski definition) is 4. The Morgan fingerprint density at radius 3 is 2.36 bits per heavy atom. The summed E-state index contributed by atoms with van der Waals surface area (Å²) in [5.74, 6) is 1.42. The van der Waals surface area contributed by atoms with Crippen molar-refractivity contribution in [3.05, 3.63) is 82.9 Å². The van der Waals surface area contributed by atoms with Crippen LogP contribution in [0.5, 0.6) is 34.5 Å². The van der Waals surface area contributed by atoms with Gasteiger partial charge in [0.05, 0.1) is 33.0 Å². The molecule has 44 heavy (non-hydrogen) atoms. The van der Waals surface area contributed by atoms with Crippen molar-refractivity contribution in [2.24, 2.45) is 11.8 Å². The van der Waals surface area contributed by atoms with E-state index in [2.05, 4.69) is 0 Å². The van der Waals surface area contributed by atoms with E-state index in [4.69, 9.17) is 23.7 Å². The molecule has 232 valence electrons. The van der Waals surface area contributed by atoms with Crippen molar-refractivity contribution in [1.29, 1.82) is 0 Å². The molecule has 0 unspecified atom stereocenters. The molecule has 4 N–H and O–H groups in total. The molecule has 0 fully saturated rings. The summed E-state index contributed by atoms with van der Waals surface area (Å²) in [7, 11) is 4.77. The first-order chi connectivity index (χ1) is 21.3. The number of phenols is 2. The van der Waals surface area contributed by atoms with E-state index in [9.17, 15) is 20.4 Å². The fraction of sp³-hybridized carbons (Fsp3) is 0.371. The van der Waals surface area contributed by atoms with Gasteiger partial charge in [0, 0.05) is 59.4 Å². The topological polar surface area (TPSA) is 127 Å². The Hall–Kier alpha value is -4.18. The van der Waals surface area contributed by atoms with Crippen LogP contribution in [0.15, 0.2) is 60.7 Å². The molecule has 0 amide bonds. The highest BCUT2D eigenvalue weighted by atomic mass is 16.5. The molecular formula is C35H38O9. The zero-order valence-electron chi connectivity index (χ0n) is 25.0. The van der Waals surface area contributed by atoms with Crippen molar-refractivity contribution in [3.8, 4) is 34.5 Å². The number of phenolic OH excluding ortho intramolecular Hbond substituents is 2. The summed E-state index contributed by atoms with van der Waals surface area (Å²) in [5, 5.41) is 45.6. The molecule has 0 aromatic heterocycles. The van der Waals surface area contributed by atoms with E-state index in [1.165, 1.54) is 0 Å². The van der Waals surface area contributed by atoms with Crippen molar-refractivity contribution in [2.75, 3.05) is 34.5 Å². The Morgan fingerprint density at radius 1 is 0.818 bits per heavy atom. The van der Waals surface area contributed by atoms with Crippen molar-refractivity contribution in [1.82, 2.24) is 0 Å². The highest BCUT2D eigenvalue weighted by molar-refractivity contribution is 5.95. The highest BCUT2D eigenvalue weighted by Gasteiger charge is 2.48. The summed E-state index contributed by atoms with van der Waals surface area (Å²) in [5.41, 5.74) is 2.85. The fourth-order valence-corrected chi connectivity index (χ4v) is 6.76. The molecule has 2 aliphatic heterocycles. The lowest BCUT2D eigenvalue weighted by atomic mass is 9.72. The van der Waals surface area contributed by atoms with Crippen LogP contribution in [0.25, 0.3) is 10.8 Å². The number of aliphatic hydroxyl groups excluding tert-OH is 2. The van der Waals surface area contributed by atoms with Crippen LogP contribution in [0.1, 0.15) is 47.3 Å². The second-order valence-electron chi connectivity index (χ2n) is 11.5. The Morgan fingerprint density at radius 2 is 1.61 bits per heavy atom. The minimum atomic E-state index is -0.999. The smallest absolute Gasteiger partial charge is 0.133 e. The van der Waals surface area contributed by atoms with Gasteiger partial charge in [-0.05, 0) is 66.9 Å². The lowest BCUT2D eigenvalue weighted by molar-refractivity contribution is -0.0883. The number of fused-ring (bicyclic) bond motifs is 4. The Labute approximate surface area is 256 Å². The van der Waals surface area contributed by atoms with Crippen LogP contribution in [0.4, 0.5) is 0 Å². The zero-order chi connectivity index (χ0) is 31.0. The Bertz CT molecular complexity index is 1650. The average molecular weight is 603 g/mol. The molecular weight excluding hydrogens is 564 g/mol. The predicted octanol–water partition coefficient (Wildman–Crippen LogP) is 5.44. The molecule has 2 aliphatic rings. The van der Waals surface area contributed by atoms with Gasteiger partial charge in [-0.1, -0.05) is 12.1 Å². The van der Waals surface area contributed by atoms with Crippen molar-refractivity contribution < 1.29 is 44.1 Å². The molecule has 0 spiro atoms. The van der Waals surface area contributed by atoms with Crippen LogP contribution < -0.4 is 18.9 Å². The molecule has 0 radical (unpaired) electrons. The van der Waals surface area contributed by atoms with Gasteiger partial charge in [0.15, 0.2) is 0 Å². The molecule has 0 aliphatic carbocycles. The van der Waals surface area contributed by atoms with Crippen LogP contribution in [0.2, 0.25) is 0 Å². The molecule has 0 saturated heterocycles. The number of rotatable bonds is 9. The average Bonchev–Trinajstić information content (AvgIpc) is 3.01. The van der Waals surface area contributed by atoms with Crippen molar-refractivity contribution in [2.45, 2.75) is 37.6 Å². The molecule has 5 atom stereocenters. The SMILES string of the molecule is COCCC[C@H]1Oc2c(cc(OC)c3cc(O)ccc23)[C@H](O)[C@@H]1[C@H]1COc2c(Cc3cccc(O)c3)cc(OC)cc2[C@H]1O. The first-order valence-corrected chi connectivity index (χ1v) is 14.8. The van der Waals surface area contributed by atoms with E-state index in [1.807, 2.05) is 12.1 Å². The molecule has 2 heterocycles. The summed E-state index contributed by atoms with van der Waals surface area (Å²) < 4.78 is 29.7. The van der Waals surface area contributed by atoms with Gasteiger partial charge in [0.25, 0.3) is 0 Å². The maximum atomic E-state index is 12.0. The maximum Gasteiger partial charge on any atom is 0.133 e. The van der Waals surface area contributed by atoms with Crippen LogP contribution in [-0.2, 0) is 11.2 Å². The van der Waals surface area contributed by atoms with Crippen LogP contribution >= 0.6 is 0 Å². The van der Waals surface area contributed by atoms with Crippen molar-refractivity contribution in [3.63, 3.8) is 0 Å². The van der Waals surface area contributed by atoms with E-state index in [0.29, 0.717) is 65.4 Å². The number of hydrogen-bond acceptors (Lipinski definition) is 9. The van der Waals surface area contributed by atoms with E-state index in [-0.39, 0.29) is 18.1 Å². The lowest BCUT2D eigenvalue weighted by Gasteiger charge is -2.45. The number of aliphatic hydroxyl groups is 2. The largest absolute Gasteiger partial charge is 0.508 e. The monoisotopic (exact) mass is 602 g/mol. The van der Waals surface area contributed by atoms with E-state index in [0.717, 1.165) is 16.5 Å². The zero-order valence-corrected chi connectivity index (χ0v) is 25.0. The minimum absolute atomic E-state index is 0.0987. The van der Waals surface area contributed by atoms with Crippen molar-refractivity contribution >= 4 is 10.8 Å². The molecule has 9 heteroatoms. The Kier molecular flexibility index (Phi) is 8.44. The summed E-state index contributed by atoms with van der Waals surface area (Å²) in [6.07, 6.45) is -0.698. The molecule has 4 aromatic rings. The normalized spacial score (nSPS) is 22.4. The number of ether oxygens (including phenoxy) is 5. The van der Waals surface area contributed by atoms with E-state index < -0.39 is 30.1 Å². The molecule has 0 saturated carbocycles. The first kappa shape index (κ1) is 29.9. The second kappa shape index (κ2) is 12.4. The third kappa shape index (κ3) is 5.47. The number of methoxy groups -OCH3 is 3. The van der Waals surface area contributed by atoms with Gasteiger partial charge in [0.2, 0.25) is 0 Å². The summed E-state index contributed by atoms with van der Waals surface area (Å²) in [6.45, 7) is 0.683. The van der Waals surface area contributed by atoms with Gasteiger partial charge in [-0.3, -0.25) is 0 Å². The summed E-state index contributed by atoms with van der Waals surface area (Å²) >= 11 is 0.